The zero-order valence-electron chi connectivity index (χ0n) is 69.2. The zero-order chi connectivity index (χ0) is 77.2. The van der Waals surface area contributed by atoms with Crippen LogP contribution >= 0.6 is 15.6 Å². The van der Waals surface area contributed by atoms with E-state index >= 15 is 0 Å². The molecule has 0 amide bonds. The first kappa shape index (κ1) is 103. The SMILES string of the molecule is CCCCCCCCCCCCCCCCCCCCCCCCC(=O)O[C@H](COC(=O)CCCCCCCCCCCCCCCCC(C)CC)COP(=O)(O)OC[C@@H](O)COP(=O)(O)OC[C@@H](COC(=O)CCCCCCCCCCC(C)CC)OC(=O)CCCCCCCCCCCCC(C)C. The number of phosphoric acid groups is 2. The monoisotopic (exact) mass is 1540 g/mol. The molecule has 17 nitrogen and oxygen atoms in total. The summed E-state index contributed by atoms with van der Waals surface area (Å²) in [6.07, 6.45) is 66.6. The fourth-order valence-electron chi connectivity index (χ4n) is 13.3. The van der Waals surface area contributed by atoms with Gasteiger partial charge in [-0.15, -0.1) is 0 Å². The van der Waals surface area contributed by atoms with Crippen molar-refractivity contribution < 1.29 is 80.2 Å². The van der Waals surface area contributed by atoms with Gasteiger partial charge >= 0.3 is 39.5 Å². The van der Waals surface area contributed by atoms with E-state index < -0.39 is 97.5 Å². The van der Waals surface area contributed by atoms with Crippen LogP contribution in [0.4, 0.5) is 0 Å². The lowest BCUT2D eigenvalue weighted by Gasteiger charge is -2.21. The Morgan fingerprint density at radius 3 is 0.724 bits per heavy atom. The van der Waals surface area contributed by atoms with Gasteiger partial charge in [0.1, 0.15) is 19.3 Å². The summed E-state index contributed by atoms with van der Waals surface area (Å²) < 4.78 is 68.9. The lowest BCUT2D eigenvalue weighted by atomic mass is 9.99. The van der Waals surface area contributed by atoms with Gasteiger partial charge in [-0.25, -0.2) is 9.13 Å². The van der Waals surface area contributed by atoms with Crippen molar-refractivity contribution >= 4 is 39.5 Å². The van der Waals surface area contributed by atoms with Crippen LogP contribution in [0.1, 0.15) is 453 Å². The van der Waals surface area contributed by atoms with Crippen LogP contribution in [0.3, 0.4) is 0 Å². The van der Waals surface area contributed by atoms with Gasteiger partial charge in [-0.3, -0.25) is 37.3 Å². The first-order valence-electron chi connectivity index (χ1n) is 44.4. The molecule has 624 valence electrons. The molecule has 0 aliphatic rings. The molecule has 0 spiro atoms. The fourth-order valence-corrected chi connectivity index (χ4v) is 14.9. The van der Waals surface area contributed by atoms with Gasteiger partial charge in [0.25, 0.3) is 0 Å². The third-order valence-corrected chi connectivity index (χ3v) is 22.8. The van der Waals surface area contributed by atoms with E-state index in [9.17, 15) is 43.2 Å². The smallest absolute Gasteiger partial charge is 0.462 e. The first-order chi connectivity index (χ1) is 50.8. The van der Waals surface area contributed by atoms with E-state index in [0.717, 1.165) is 108 Å². The van der Waals surface area contributed by atoms with E-state index in [1.807, 2.05) is 0 Å². The van der Waals surface area contributed by atoms with Crippen molar-refractivity contribution in [3.8, 4) is 0 Å². The van der Waals surface area contributed by atoms with E-state index in [2.05, 4.69) is 48.5 Å². The third kappa shape index (κ3) is 77.2. The quantitative estimate of drug-likeness (QED) is 0.0222. The van der Waals surface area contributed by atoms with Crippen LogP contribution < -0.4 is 0 Å². The highest BCUT2D eigenvalue weighted by molar-refractivity contribution is 7.47. The van der Waals surface area contributed by atoms with E-state index in [1.54, 1.807) is 0 Å². The van der Waals surface area contributed by atoms with Crippen molar-refractivity contribution in [2.24, 2.45) is 17.8 Å². The molecule has 105 heavy (non-hydrogen) atoms. The number of rotatable bonds is 84. The van der Waals surface area contributed by atoms with Crippen molar-refractivity contribution in [1.82, 2.24) is 0 Å². The summed E-state index contributed by atoms with van der Waals surface area (Å²) in [4.78, 5) is 73.2. The number of carbonyl (C=O) groups is 4. The van der Waals surface area contributed by atoms with Crippen molar-refractivity contribution in [3.05, 3.63) is 0 Å². The lowest BCUT2D eigenvalue weighted by molar-refractivity contribution is -0.161. The Bertz CT molecular complexity index is 2030. The molecule has 19 heteroatoms. The molecule has 0 saturated carbocycles. The Morgan fingerprint density at radius 2 is 0.486 bits per heavy atom. The molecule has 0 saturated heterocycles. The van der Waals surface area contributed by atoms with Gasteiger partial charge in [-0.1, -0.05) is 402 Å². The van der Waals surface area contributed by atoms with Crippen molar-refractivity contribution in [1.29, 1.82) is 0 Å². The standard InChI is InChI=1S/C86H168O17P2/c1-8-11-12-13-14-15-16-17-18-19-20-21-22-23-24-25-30-33-39-48-55-62-69-85(90)102-81(73-96-83(88)67-60-53-46-38-32-29-27-26-28-31-37-44-51-58-65-78(6)9-2)75-100-104(92,93)98-71-80(87)72-99-105(94,95)101-76-82(74-97-84(89)68-61-54-47-42-41-45-52-59-66-79(7)10-3)103-86(91)70-63-56-49-40-35-34-36-43-50-57-64-77(4)5/h77-82,87H,8-76H2,1-7H3,(H,92,93)(H,94,95)/t78?,79?,80-,81-,82-/m1/s1. The van der Waals surface area contributed by atoms with E-state index in [-0.39, 0.29) is 25.7 Å². The summed E-state index contributed by atoms with van der Waals surface area (Å²) in [6, 6.07) is 0. The first-order valence-corrected chi connectivity index (χ1v) is 47.4. The second kappa shape index (κ2) is 76.1. The predicted octanol–water partition coefficient (Wildman–Crippen LogP) is 26.1. The molecule has 0 aromatic rings. The Hall–Kier alpha value is -1.94. The number of carbonyl (C=O) groups excluding carboxylic acids is 4. The topological polar surface area (TPSA) is 237 Å². The van der Waals surface area contributed by atoms with E-state index in [1.165, 1.54) is 263 Å². The molecule has 7 atom stereocenters. The summed E-state index contributed by atoms with van der Waals surface area (Å²) >= 11 is 0. The molecule has 0 bridgehead atoms. The lowest BCUT2D eigenvalue weighted by Crippen LogP contribution is -2.30. The predicted molar refractivity (Wildman–Crippen MR) is 432 cm³/mol. The summed E-state index contributed by atoms with van der Waals surface area (Å²) in [5.41, 5.74) is 0. The van der Waals surface area contributed by atoms with Gasteiger partial charge in [0.2, 0.25) is 0 Å². The Balaban J connectivity index is 5.24. The number of hydrogen-bond donors (Lipinski definition) is 3. The van der Waals surface area contributed by atoms with Crippen LogP contribution in [0.2, 0.25) is 0 Å². The Morgan fingerprint density at radius 1 is 0.276 bits per heavy atom. The Kier molecular flexibility index (Phi) is 74.7. The highest BCUT2D eigenvalue weighted by atomic mass is 31.2. The van der Waals surface area contributed by atoms with Crippen LogP contribution in [0.15, 0.2) is 0 Å². The molecule has 0 aliphatic carbocycles. The van der Waals surface area contributed by atoms with Gasteiger partial charge in [-0.2, -0.15) is 0 Å². The van der Waals surface area contributed by atoms with Gasteiger partial charge in [-0.05, 0) is 43.4 Å². The molecule has 0 fully saturated rings. The number of unbranched alkanes of at least 4 members (excludes halogenated alkanes) is 50. The molecule has 0 radical (unpaired) electrons. The number of esters is 4. The van der Waals surface area contributed by atoms with E-state index in [0.29, 0.717) is 25.7 Å². The molecule has 0 aromatic heterocycles. The molecule has 0 rings (SSSR count). The minimum atomic E-state index is -4.97. The van der Waals surface area contributed by atoms with Crippen LogP contribution in [0.5, 0.6) is 0 Å². The second-order valence-corrected chi connectivity index (χ2v) is 34.8. The van der Waals surface area contributed by atoms with Crippen molar-refractivity contribution in [3.63, 3.8) is 0 Å². The second-order valence-electron chi connectivity index (χ2n) is 31.9. The molecule has 4 unspecified atom stereocenters. The highest BCUT2D eigenvalue weighted by Gasteiger charge is 2.30. The largest absolute Gasteiger partial charge is 0.472 e. The van der Waals surface area contributed by atoms with Gasteiger partial charge in [0.05, 0.1) is 26.4 Å². The van der Waals surface area contributed by atoms with Gasteiger partial charge in [0, 0.05) is 25.7 Å². The summed E-state index contributed by atoms with van der Waals surface area (Å²) in [5, 5.41) is 10.7. The van der Waals surface area contributed by atoms with Crippen LogP contribution in [-0.2, 0) is 65.4 Å². The molecular formula is C86H168O17P2. The van der Waals surface area contributed by atoms with E-state index in [4.69, 9.17) is 37.0 Å². The molecule has 0 heterocycles. The summed E-state index contributed by atoms with van der Waals surface area (Å²) in [5.74, 6) is 0.273. The maximum atomic E-state index is 13.2. The number of aliphatic hydroxyl groups is 1. The van der Waals surface area contributed by atoms with Crippen LogP contribution in [-0.4, -0.2) is 96.7 Å². The zero-order valence-corrected chi connectivity index (χ0v) is 71.0. The molecular weight excluding hydrogens is 1370 g/mol. The van der Waals surface area contributed by atoms with Gasteiger partial charge < -0.3 is 33.8 Å². The van der Waals surface area contributed by atoms with Gasteiger partial charge in [0.15, 0.2) is 12.2 Å². The number of hydrogen-bond acceptors (Lipinski definition) is 15. The minimum absolute atomic E-state index is 0.106. The maximum absolute atomic E-state index is 13.2. The average molecular weight is 1540 g/mol. The number of ether oxygens (including phenoxy) is 4. The minimum Gasteiger partial charge on any atom is -0.462 e. The number of aliphatic hydroxyl groups excluding tert-OH is 1. The fraction of sp³-hybridized carbons (Fsp3) is 0.953. The maximum Gasteiger partial charge on any atom is 0.472 e. The third-order valence-electron chi connectivity index (χ3n) is 20.9. The molecule has 3 N–H and O–H groups in total. The normalized spacial score (nSPS) is 14.4. The van der Waals surface area contributed by atoms with Crippen LogP contribution in [0.25, 0.3) is 0 Å². The summed E-state index contributed by atoms with van der Waals surface area (Å²) in [7, 11) is -9.93. The Labute approximate surface area is 645 Å². The van der Waals surface area contributed by atoms with Crippen molar-refractivity contribution in [2.75, 3.05) is 39.6 Å². The highest BCUT2D eigenvalue weighted by Crippen LogP contribution is 2.45. The average Bonchev–Trinajstić information content (AvgIpc) is 0.906. The summed E-state index contributed by atoms with van der Waals surface area (Å²) in [6.45, 7) is 12.0. The van der Waals surface area contributed by atoms with Crippen LogP contribution in [0, 0.1) is 17.8 Å². The molecule has 0 aliphatic heterocycles. The van der Waals surface area contributed by atoms with Crippen molar-refractivity contribution in [2.45, 2.75) is 471 Å². The molecule has 0 aromatic carbocycles. The number of phosphoric ester groups is 2.